The van der Waals surface area contributed by atoms with Gasteiger partial charge in [0, 0.05) is 6.61 Å². The van der Waals surface area contributed by atoms with Crippen LogP contribution in [0.4, 0.5) is 4.79 Å². The predicted molar refractivity (Wildman–Crippen MR) is 104 cm³/mol. The van der Waals surface area contributed by atoms with Crippen molar-refractivity contribution >= 4 is 6.09 Å². The summed E-state index contributed by atoms with van der Waals surface area (Å²) in [6.45, 7) is 8.10. The molecule has 0 aliphatic rings. The molecule has 0 radical (unpaired) electrons. The molecule has 0 bridgehead atoms. The Kier molecular flexibility index (Phi) is 9.99. The fourth-order valence-corrected chi connectivity index (χ4v) is 2.34. The fourth-order valence-electron chi connectivity index (χ4n) is 2.34. The van der Waals surface area contributed by atoms with Crippen LogP contribution in [0.25, 0.3) is 0 Å². The highest BCUT2D eigenvalue weighted by Crippen LogP contribution is 2.13. The van der Waals surface area contributed by atoms with Crippen molar-refractivity contribution in [3.63, 3.8) is 0 Å². The van der Waals surface area contributed by atoms with E-state index in [-0.39, 0.29) is 18.8 Å². The molecule has 5 nitrogen and oxygen atoms in total. The number of alkyl carbamates (subject to hydrolysis) is 1. The second-order valence-corrected chi connectivity index (χ2v) is 7.34. The Morgan fingerprint density at radius 2 is 1.92 bits per heavy atom. The molecule has 0 spiro atoms. The fraction of sp³-hybridized carbons (Fsp3) is 0.571. The van der Waals surface area contributed by atoms with E-state index in [1.807, 2.05) is 70.2 Å². The van der Waals surface area contributed by atoms with Crippen molar-refractivity contribution in [1.29, 1.82) is 0 Å². The number of benzene rings is 1. The minimum atomic E-state index is -0.533. The highest BCUT2D eigenvalue weighted by Gasteiger charge is 2.22. The molecule has 26 heavy (non-hydrogen) atoms. The lowest BCUT2D eigenvalue weighted by molar-refractivity contribution is 0.0109. The van der Waals surface area contributed by atoms with Crippen molar-refractivity contribution in [2.24, 2.45) is 0 Å². The standard InChI is InChI=1S/C21H33NO4/c1-17(22-20(24)26-21(2,3)4)19(14-10-5-6-11-15-23)25-16-18-12-8-7-9-13-18/h5,7-10,12-13,17,19,23H,6,11,14-16H2,1-4H3,(H,22,24)/b10-5+/t17-,19-/m1/s1. The number of amides is 1. The number of hydrogen-bond acceptors (Lipinski definition) is 4. The van der Waals surface area contributed by atoms with E-state index < -0.39 is 11.7 Å². The molecule has 0 heterocycles. The summed E-state index contributed by atoms with van der Waals surface area (Å²) in [7, 11) is 0. The van der Waals surface area contributed by atoms with Gasteiger partial charge in [-0.2, -0.15) is 0 Å². The van der Waals surface area contributed by atoms with Crippen LogP contribution in [0.5, 0.6) is 0 Å². The van der Waals surface area contributed by atoms with Gasteiger partial charge >= 0.3 is 6.09 Å². The number of aliphatic hydroxyl groups is 1. The Balaban J connectivity index is 2.62. The first-order valence-electron chi connectivity index (χ1n) is 9.22. The number of carbonyl (C=O) groups excluding carboxylic acids is 1. The third kappa shape index (κ3) is 10.2. The molecule has 5 heteroatoms. The average molecular weight is 363 g/mol. The first-order valence-corrected chi connectivity index (χ1v) is 9.22. The topological polar surface area (TPSA) is 67.8 Å². The van der Waals surface area contributed by atoms with Crippen LogP contribution >= 0.6 is 0 Å². The van der Waals surface area contributed by atoms with E-state index in [1.165, 1.54) is 0 Å². The van der Waals surface area contributed by atoms with E-state index in [0.717, 1.165) is 18.4 Å². The molecule has 0 fully saturated rings. The van der Waals surface area contributed by atoms with Gasteiger partial charge in [0.25, 0.3) is 0 Å². The molecule has 2 N–H and O–H groups in total. The summed E-state index contributed by atoms with van der Waals surface area (Å²) in [5.41, 5.74) is 0.556. The van der Waals surface area contributed by atoms with Gasteiger partial charge < -0.3 is 19.9 Å². The second-order valence-electron chi connectivity index (χ2n) is 7.34. The van der Waals surface area contributed by atoms with Gasteiger partial charge in [-0.25, -0.2) is 4.79 Å². The van der Waals surface area contributed by atoms with Crippen LogP contribution in [0.15, 0.2) is 42.5 Å². The van der Waals surface area contributed by atoms with Crippen molar-refractivity contribution in [2.45, 2.75) is 71.3 Å². The van der Waals surface area contributed by atoms with Gasteiger partial charge in [0.05, 0.1) is 18.8 Å². The Hall–Kier alpha value is -1.85. The highest BCUT2D eigenvalue weighted by atomic mass is 16.6. The molecule has 1 aromatic carbocycles. The van der Waals surface area contributed by atoms with E-state index >= 15 is 0 Å². The molecule has 0 unspecified atom stereocenters. The van der Waals surface area contributed by atoms with Gasteiger partial charge in [-0.15, -0.1) is 0 Å². The molecular weight excluding hydrogens is 330 g/mol. The van der Waals surface area contributed by atoms with Crippen LogP contribution in [0.2, 0.25) is 0 Å². The number of carbonyl (C=O) groups is 1. The zero-order valence-electron chi connectivity index (χ0n) is 16.4. The molecule has 0 aliphatic heterocycles. The molecule has 1 aromatic rings. The summed E-state index contributed by atoms with van der Waals surface area (Å²) in [4.78, 5) is 12.0. The smallest absolute Gasteiger partial charge is 0.407 e. The summed E-state index contributed by atoms with van der Waals surface area (Å²) in [5.74, 6) is 0. The van der Waals surface area contributed by atoms with Gasteiger partial charge in [0.15, 0.2) is 0 Å². The second kappa shape index (κ2) is 11.7. The first kappa shape index (κ1) is 22.2. The molecule has 1 rings (SSSR count). The molecule has 0 saturated carbocycles. The van der Waals surface area contributed by atoms with E-state index in [1.54, 1.807) is 0 Å². The maximum atomic E-state index is 12.0. The number of nitrogens with one attached hydrogen (secondary N) is 1. The van der Waals surface area contributed by atoms with Crippen molar-refractivity contribution in [2.75, 3.05) is 6.61 Å². The lowest BCUT2D eigenvalue weighted by Gasteiger charge is -2.26. The summed E-state index contributed by atoms with van der Waals surface area (Å²) >= 11 is 0. The van der Waals surface area contributed by atoms with Crippen LogP contribution < -0.4 is 5.32 Å². The Morgan fingerprint density at radius 3 is 2.54 bits per heavy atom. The van der Waals surface area contributed by atoms with Crippen LogP contribution in [0.1, 0.15) is 52.5 Å². The van der Waals surface area contributed by atoms with Gasteiger partial charge in [0.1, 0.15) is 5.60 Å². The van der Waals surface area contributed by atoms with Gasteiger partial charge in [0.2, 0.25) is 0 Å². The maximum Gasteiger partial charge on any atom is 0.407 e. The van der Waals surface area contributed by atoms with Crippen LogP contribution in [-0.4, -0.2) is 35.6 Å². The molecule has 0 saturated heterocycles. The first-order chi connectivity index (χ1) is 12.3. The Bertz CT molecular complexity index is 537. The Morgan fingerprint density at radius 1 is 1.23 bits per heavy atom. The molecule has 146 valence electrons. The van der Waals surface area contributed by atoms with Crippen molar-refractivity contribution in [3.8, 4) is 0 Å². The van der Waals surface area contributed by atoms with E-state index in [0.29, 0.717) is 13.0 Å². The SMILES string of the molecule is C[C@@H](NC(=O)OC(C)(C)C)[C@@H](C/C=C/CCCO)OCc1ccccc1. The quantitative estimate of drug-likeness (QED) is 0.483. The number of aliphatic hydroxyl groups excluding tert-OH is 1. The predicted octanol–water partition coefficient (Wildman–Crippen LogP) is 4.20. The maximum absolute atomic E-state index is 12.0. The largest absolute Gasteiger partial charge is 0.444 e. The monoisotopic (exact) mass is 363 g/mol. The van der Waals surface area contributed by atoms with Crippen molar-refractivity contribution in [1.82, 2.24) is 5.32 Å². The number of unbranched alkanes of at least 4 members (excludes halogenated alkanes) is 1. The number of hydrogen-bond donors (Lipinski definition) is 2. The lowest BCUT2D eigenvalue weighted by Crippen LogP contribution is -2.44. The zero-order valence-corrected chi connectivity index (χ0v) is 16.4. The molecular formula is C21H33NO4. The minimum absolute atomic E-state index is 0.173. The summed E-state index contributed by atoms with van der Waals surface area (Å²) in [6.07, 6.45) is 5.71. The van der Waals surface area contributed by atoms with Crippen molar-refractivity contribution < 1.29 is 19.4 Å². The van der Waals surface area contributed by atoms with E-state index in [9.17, 15) is 4.79 Å². The zero-order chi connectivity index (χ0) is 19.4. The Labute approximate surface area is 157 Å². The lowest BCUT2D eigenvalue weighted by atomic mass is 10.1. The van der Waals surface area contributed by atoms with E-state index in [2.05, 4.69) is 5.32 Å². The van der Waals surface area contributed by atoms with Gasteiger partial charge in [-0.1, -0.05) is 42.5 Å². The van der Waals surface area contributed by atoms with E-state index in [4.69, 9.17) is 14.6 Å². The normalized spacial score (nSPS) is 14.2. The number of allylic oxidation sites excluding steroid dienone is 1. The summed E-state index contributed by atoms with van der Waals surface area (Å²) in [5, 5.41) is 11.7. The third-order valence-electron chi connectivity index (χ3n) is 3.67. The molecule has 2 atom stereocenters. The van der Waals surface area contributed by atoms with Gasteiger partial charge in [-0.05, 0) is 52.5 Å². The minimum Gasteiger partial charge on any atom is -0.444 e. The third-order valence-corrected chi connectivity index (χ3v) is 3.67. The van der Waals surface area contributed by atoms with Gasteiger partial charge in [-0.3, -0.25) is 0 Å². The highest BCUT2D eigenvalue weighted by molar-refractivity contribution is 5.68. The van der Waals surface area contributed by atoms with Crippen molar-refractivity contribution in [3.05, 3.63) is 48.0 Å². The number of rotatable bonds is 10. The summed E-state index contributed by atoms with van der Waals surface area (Å²) < 4.78 is 11.4. The molecule has 0 aliphatic carbocycles. The van der Waals surface area contributed by atoms with Crippen LogP contribution in [0.3, 0.4) is 0 Å². The molecule has 0 aromatic heterocycles. The molecule has 1 amide bonds. The summed E-state index contributed by atoms with van der Waals surface area (Å²) in [6, 6.07) is 9.75. The van der Waals surface area contributed by atoms with Crippen LogP contribution in [0, 0.1) is 0 Å². The number of ether oxygens (including phenoxy) is 2. The average Bonchev–Trinajstić information content (AvgIpc) is 2.56. The van der Waals surface area contributed by atoms with Crippen LogP contribution in [-0.2, 0) is 16.1 Å².